The monoisotopic (exact) mass is 329 g/mol. The van der Waals surface area contributed by atoms with E-state index in [2.05, 4.69) is 22.9 Å². The van der Waals surface area contributed by atoms with E-state index in [1.165, 1.54) is 0 Å². The van der Waals surface area contributed by atoms with E-state index in [9.17, 15) is 0 Å². The van der Waals surface area contributed by atoms with Crippen molar-refractivity contribution >= 4 is 40.5 Å². The Bertz CT molecular complexity index is 86.0. The van der Waals surface area contributed by atoms with Crippen molar-refractivity contribution in [2.24, 2.45) is 0 Å². The Morgan fingerprint density at radius 3 is 2.14 bits per heavy atom. The molecule has 0 N–H and O–H groups in total. The van der Waals surface area contributed by atoms with E-state index in [1.54, 1.807) is 0 Å². The van der Waals surface area contributed by atoms with Gasteiger partial charge in [-0.05, 0) is 0 Å². The van der Waals surface area contributed by atoms with E-state index in [0.717, 1.165) is 0 Å². The second kappa shape index (κ2) is 5.28. The minimum absolute atomic E-state index is 0.115. The van der Waals surface area contributed by atoms with Crippen molar-refractivity contribution in [1.29, 1.82) is 0 Å². The predicted molar refractivity (Wildman–Crippen MR) is 36.9 cm³/mol. The summed E-state index contributed by atoms with van der Waals surface area (Å²) in [5.74, 6) is 0. The molecule has 0 saturated carbocycles. The van der Waals surface area contributed by atoms with Crippen LogP contribution in [0.3, 0.4) is 0 Å². The quantitative estimate of drug-likeness (QED) is 0.461. The predicted octanol–water partition coefficient (Wildman–Crippen LogP) is 0.993. The maximum absolute atomic E-state index is 3.27. The molecule has 0 rings (SSSR count). The summed E-state index contributed by atoms with van der Waals surface area (Å²) in [6.45, 7) is 0. The minimum atomic E-state index is -0.761. The molecule has 0 atom stereocenters. The van der Waals surface area contributed by atoms with Gasteiger partial charge in [0.05, 0.1) is 0 Å². The Morgan fingerprint density at radius 1 is 1.43 bits per heavy atom. The Hall–Kier alpha value is 1.14. The third-order valence-corrected chi connectivity index (χ3v) is 3.93. The molecule has 0 aliphatic rings. The van der Waals surface area contributed by atoms with Crippen LogP contribution in [0, 0.1) is 7.94 Å². The molecule has 0 bridgehead atoms. The summed E-state index contributed by atoms with van der Waals surface area (Å²) in [7, 11) is 0. The standard InChI is InChI=1S/C5H9Te2/c1-6-4-5-7(2)3/h1-3H3/q+1. The zero-order chi connectivity index (χ0) is 5.70. The van der Waals surface area contributed by atoms with Crippen molar-refractivity contribution in [2.45, 2.75) is 14.9 Å². The third-order valence-electron chi connectivity index (χ3n) is 0.348. The van der Waals surface area contributed by atoms with Crippen LogP contribution in [-0.4, -0.2) is 40.5 Å². The SMILES string of the molecule is C[Te]C#C[Te+](C)C. The fourth-order valence-corrected chi connectivity index (χ4v) is 5.62. The first-order chi connectivity index (χ1) is 3.27. The molecular formula is C5H9Te2+. The van der Waals surface area contributed by atoms with Crippen molar-refractivity contribution in [3.05, 3.63) is 0 Å². The van der Waals surface area contributed by atoms with E-state index < -0.39 is 19.6 Å². The van der Waals surface area contributed by atoms with Crippen molar-refractivity contribution in [3.63, 3.8) is 0 Å². The molecule has 0 spiro atoms. The Labute approximate surface area is 62.8 Å². The molecule has 2 heteroatoms. The normalized spacial score (nSPS) is 8.00. The molecule has 0 aliphatic heterocycles. The molecule has 0 amide bonds. The second-order valence-corrected chi connectivity index (χ2v) is 8.22. The summed E-state index contributed by atoms with van der Waals surface area (Å²) in [6.07, 6.45) is 0. The van der Waals surface area contributed by atoms with Gasteiger partial charge in [-0.2, -0.15) is 0 Å². The average Bonchev–Trinajstić information content (AvgIpc) is 1.61. The van der Waals surface area contributed by atoms with Crippen molar-refractivity contribution < 1.29 is 0 Å². The third kappa shape index (κ3) is 7.14. The van der Waals surface area contributed by atoms with Crippen LogP contribution in [-0.2, 0) is 0 Å². The van der Waals surface area contributed by atoms with E-state index in [0.29, 0.717) is 0 Å². The van der Waals surface area contributed by atoms with Crippen LogP contribution in [0.5, 0.6) is 0 Å². The van der Waals surface area contributed by atoms with Gasteiger partial charge in [0.25, 0.3) is 0 Å². The molecule has 0 aromatic carbocycles. The van der Waals surface area contributed by atoms with Crippen LogP contribution >= 0.6 is 0 Å². The van der Waals surface area contributed by atoms with E-state index in [4.69, 9.17) is 0 Å². The summed E-state index contributed by atoms with van der Waals surface area (Å²) in [5, 5.41) is 0. The number of hydrogen-bond donors (Lipinski definition) is 0. The van der Waals surface area contributed by atoms with E-state index in [1.807, 2.05) is 0 Å². The van der Waals surface area contributed by atoms with Gasteiger partial charge in [-0.3, -0.25) is 0 Å². The molecule has 40 valence electrons. The summed E-state index contributed by atoms with van der Waals surface area (Å²) in [6, 6.07) is 0. The Morgan fingerprint density at radius 2 is 2.00 bits per heavy atom. The molecular weight excluding hydrogens is 315 g/mol. The topological polar surface area (TPSA) is 0 Å². The van der Waals surface area contributed by atoms with Crippen LogP contribution in [0.1, 0.15) is 0 Å². The van der Waals surface area contributed by atoms with Gasteiger partial charge in [0.15, 0.2) is 0 Å². The molecule has 0 unspecified atom stereocenters. The van der Waals surface area contributed by atoms with Gasteiger partial charge in [-0.1, -0.05) is 0 Å². The fraction of sp³-hybridized carbons (Fsp3) is 0.600. The van der Waals surface area contributed by atoms with Gasteiger partial charge in [0, 0.05) is 0 Å². The van der Waals surface area contributed by atoms with E-state index in [-0.39, 0.29) is 20.9 Å². The second-order valence-electron chi connectivity index (χ2n) is 1.22. The first-order valence-corrected chi connectivity index (χ1v) is 11.2. The first-order valence-electron chi connectivity index (χ1n) is 1.88. The summed E-state index contributed by atoms with van der Waals surface area (Å²) >= 11 is -0.646. The van der Waals surface area contributed by atoms with Crippen LogP contribution in [0.2, 0.25) is 14.9 Å². The van der Waals surface area contributed by atoms with Crippen LogP contribution in [0.15, 0.2) is 0 Å². The number of rotatable bonds is 0. The van der Waals surface area contributed by atoms with Gasteiger partial charge < -0.3 is 0 Å². The molecule has 0 aromatic heterocycles. The Balaban J connectivity index is 3.24. The average molecular weight is 324 g/mol. The van der Waals surface area contributed by atoms with Crippen LogP contribution < -0.4 is 0 Å². The Kier molecular flexibility index (Phi) is 6.14. The maximum atomic E-state index is 3.27. The molecule has 0 nitrogen and oxygen atoms in total. The fourth-order valence-electron chi connectivity index (χ4n) is 0.125. The number of hydrogen-bond acceptors (Lipinski definition) is 0. The molecule has 0 radical (unpaired) electrons. The van der Waals surface area contributed by atoms with Crippen molar-refractivity contribution in [3.8, 4) is 7.94 Å². The van der Waals surface area contributed by atoms with Gasteiger partial charge >= 0.3 is 63.3 Å². The summed E-state index contributed by atoms with van der Waals surface area (Å²) in [4.78, 5) is 6.80. The molecule has 7 heavy (non-hydrogen) atoms. The molecule has 0 aromatic rings. The first kappa shape index (κ1) is 8.14. The zero-order valence-electron chi connectivity index (χ0n) is 4.82. The van der Waals surface area contributed by atoms with Crippen LogP contribution in [0.4, 0.5) is 0 Å². The molecule has 0 saturated heterocycles. The molecule has 0 heterocycles. The van der Waals surface area contributed by atoms with Crippen molar-refractivity contribution in [1.82, 2.24) is 0 Å². The van der Waals surface area contributed by atoms with E-state index >= 15 is 0 Å². The van der Waals surface area contributed by atoms with Gasteiger partial charge in [-0.15, -0.1) is 0 Å². The van der Waals surface area contributed by atoms with Crippen molar-refractivity contribution in [2.75, 3.05) is 0 Å². The van der Waals surface area contributed by atoms with Crippen LogP contribution in [0.25, 0.3) is 0 Å². The molecule has 0 aliphatic carbocycles. The van der Waals surface area contributed by atoms with Gasteiger partial charge in [0.1, 0.15) is 0 Å². The summed E-state index contributed by atoms with van der Waals surface area (Å²) < 4.78 is 6.48. The van der Waals surface area contributed by atoms with Gasteiger partial charge in [0.2, 0.25) is 0 Å². The summed E-state index contributed by atoms with van der Waals surface area (Å²) in [5.41, 5.74) is 0. The molecule has 0 fully saturated rings. The van der Waals surface area contributed by atoms with Gasteiger partial charge in [-0.25, -0.2) is 0 Å². The zero-order valence-corrected chi connectivity index (χ0v) is 9.48.